The number of aliphatic carboxylic acids is 3. The van der Waals surface area contributed by atoms with Crippen molar-refractivity contribution in [1.29, 1.82) is 0 Å². The van der Waals surface area contributed by atoms with Gasteiger partial charge in [-0.1, -0.05) is 96.1 Å². The summed E-state index contributed by atoms with van der Waals surface area (Å²) in [5.41, 5.74) is 13.5. The van der Waals surface area contributed by atoms with Crippen LogP contribution in [0.5, 0.6) is 5.75 Å². The number of fused-ring (bicyclic) bond motifs is 1. The van der Waals surface area contributed by atoms with E-state index in [1.54, 1.807) is 60.8 Å². The lowest BCUT2D eigenvalue weighted by Crippen LogP contribution is -2.62. The Bertz CT molecular complexity index is 3470. The van der Waals surface area contributed by atoms with Gasteiger partial charge in [-0.2, -0.15) is 0 Å². The van der Waals surface area contributed by atoms with Crippen LogP contribution < -0.4 is 70.0 Å². The van der Waals surface area contributed by atoms with E-state index in [0.29, 0.717) is 34.0 Å². The number of carbonyl (C=O) groups excluding carboxylic acids is 11. The largest absolute Gasteiger partial charge is 0.508 e. The normalized spacial score (nSPS) is 19.8. The second-order valence-corrected chi connectivity index (χ2v) is 26.2. The molecule has 5 rings (SSSR count). The molecule has 21 N–H and O–H groups in total. The zero-order valence-corrected chi connectivity index (χ0v) is 56.9. The second kappa shape index (κ2) is 40.8. The molecule has 1 saturated heterocycles. The summed E-state index contributed by atoms with van der Waals surface area (Å²) in [4.78, 5) is 192. The molecule has 0 aliphatic carbocycles. The van der Waals surface area contributed by atoms with Crippen LogP contribution in [-0.4, -0.2) is 211 Å². The van der Waals surface area contributed by atoms with Crippen molar-refractivity contribution in [2.24, 2.45) is 17.4 Å². The van der Waals surface area contributed by atoms with E-state index in [4.69, 9.17) is 21.4 Å². The molecule has 0 unspecified atom stereocenters. The molecule has 35 heteroatoms. The number of carboxylic acids is 3. The number of benzene rings is 3. The number of rotatable bonds is 27. The molecule has 3 aromatic carbocycles. The van der Waals surface area contributed by atoms with E-state index >= 15 is 14.4 Å². The van der Waals surface area contributed by atoms with E-state index in [1.807, 2.05) is 0 Å². The first-order valence-electron chi connectivity index (χ1n) is 31.5. The van der Waals surface area contributed by atoms with E-state index in [-0.39, 0.29) is 44.4 Å². The molecular weight excluding hydrogens is 1330 g/mol. The zero-order chi connectivity index (χ0) is 73.6. The van der Waals surface area contributed by atoms with Crippen molar-refractivity contribution >= 4 is 115 Å². The Kier molecular flexibility index (Phi) is 33.6. The number of unbranched alkanes of at least 4 members (excludes halogenated alkanes) is 1. The van der Waals surface area contributed by atoms with Crippen molar-refractivity contribution in [2.75, 3.05) is 24.6 Å². The molecule has 33 nitrogen and oxygen atoms in total. The van der Waals surface area contributed by atoms with Gasteiger partial charge in [-0.15, -0.1) is 0 Å². The first kappa shape index (κ1) is 81.6. The fraction of sp³-hybridized carbons (Fsp3) is 0.469. The van der Waals surface area contributed by atoms with E-state index in [0.717, 1.165) is 42.4 Å². The lowest BCUT2D eigenvalue weighted by Gasteiger charge is -2.29. The predicted octanol–water partition coefficient (Wildman–Crippen LogP) is -2.56. The van der Waals surface area contributed by atoms with Gasteiger partial charge < -0.3 is 100 Å². The summed E-state index contributed by atoms with van der Waals surface area (Å²) in [6, 6.07) is 3.84. The Labute approximate surface area is 577 Å². The molecule has 2 heterocycles. The Morgan fingerprint density at radius 1 is 0.606 bits per heavy atom. The standard InChI is InChI=1S/C62H84N14O17S2.C2H4O2/c1-31(2)50(62(92)93)76-60(90)47-30-95-94-29-46(73-58(88)45(26-49(80)81)69-53(83)33(4)67-61(91)51(34(5)77)75-48(79)28-66-52(82)32(3)64)59(89)71-42(23-35-13-7-6-8-14-35)55(85)72-44(25-37-27-65-40-16-10-9-15-39(37)40)57(87)68-41(17-11-12-22-63)54(84)70-43(56(86)74-47)24-36-18-20-38(78)21-19-36;1-2(3)4/h6-10,13-16,18-21,27,31-34,41-47,50-51,65,77-78H,11-12,17,22-26,28-30,63-64H2,1-5H3,(H,66,82)(H,67,91)(H,68,87)(H,69,83)(H,70,84)(H,71,89)(H,72,85)(H,73,88)(H,74,86)(H,75,79)(H,76,90)(H,80,81)(H,92,93);1H3,(H,3,4)/t32-,33-,34+,41-,42-,43-,44-,45-,46-,47-,50-,51-;/m0./s1. The maximum atomic E-state index is 15.1. The first-order chi connectivity index (χ1) is 46.8. The summed E-state index contributed by atoms with van der Waals surface area (Å²) < 4.78 is 0. The fourth-order valence-corrected chi connectivity index (χ4v) is 12.0. The van der Waals surface area contributed by atoms with Crippen LogP contribution in [0.1, 0.15) is 83.9 Å². The molecular formula is C64H88N14O19S2. The quantitative estimate of drug-likeness (QED) is 0.0216. The molecule has 0 saturated carbocycles. The molecule has 1 aromatic heterocycles. The third-order valence-electron chi connectivity index (χ3n) is 15.0. The maximum Gasteiger partial charge on any atom is 0.326 e. The number of nitrogens with one attached hydrogen (secondary N) is 12. The summed E-state index contributed by atoms with van der Waals surface area (Å²) in [6.07, 6.45) is -1.17. The van der Waals surface area contributed by atoms with Crippen molar-refractivity contribution in [3.05, 3.63) is 102 Å². The number of carboxylic acid groups (broad SMARTS) is 3. The number of amides is 11. The van der Waals surface area contributed by atoms with Crippen molar-refractivity contribution < 1.29 is 92.7 Å². The summed E-state index contributed by atoms with van der Waals surface area (Å²) in [5, 5.41) is 76.2. The van der Waals surface area contributed by atoms with Crippen molar-refractivity contribution in [2.45, 2.75) is 159 Å². The van der Waals surface area contributed by atoms with Gasteiger partial charge in [-0.25, -0.2) is 4.79 Å². The lowest BCUT2D eigenvalue weighted by atomic mass is 10.0. The molecule has 0 bridgehead atoms. The van der Waals surface area contributed by atoms with Gasteiger partial charge in [0.15, 0.2) is 0 Å². The molecule has 99 heavy (non-hydrogen) atoms. The number of nitrogens with two attached hydrogens (primary N) is 2. The number of H-pyrrole nitrogens is 1. The molecule has 11 amide bonds. The van der Waals surface area contributed by atoms with Crippen molar-refractivity contribution in [1.82, 2.24) is 63.5 Å². The Hall–Kier alpha value is -9.84. The number of phenols is 1. The molecule has 12 atom stereocenters. The molecule has 1 fully saturated rings. The van der Waals surface area contributed by atoms with Gasteiger partial charge in [0, 0.05) is 54.8 Å². The molecule has 1 aliphatic heterocycles. The number of aromatic nitrogens is 1. The zero-order valence-electron chi connectivity index (χ0n) is 55.3. The van der Waals surface area contributed by atoms with Gasteiger partial charge in [0.2, 0.25) is 65.0 Å². The number of phenolic OH excluding ortho intramolecular Hbond substituents is 1. The number of hydrogen-bond acceptors (Lipinski definition) is 20. The van der Waals surface area contributed by atoms with Crippen LogP contribution >= 0.6 is 21.6 Å². The maximum absolute atomic E-state index is 15.1. The number of aliphatic hydroxyl groups is 1. The number of hydrogen-bond donors (Lipinski definition) is 19. The van der Waals surface area contributed by atoms with Crippen molar-refractivity contribution in [3.63, 3.8) is 0 Å². The highest BCUT2D eigenvalue weighted by atomic mass is 33.1. The SMILES string of the molecule is CC(=O)O.CC(C)[C@H](NC(=O)[C@@H]1CSSC[C@H](NC(=O)[C@H](CC(=O)O)NC(=O)[C@H](C)NC(=O)[C@@H](NC(=O)CNC(=O)[C@H](C)N)[C@@H](C)O)C(=O)N[C@@H](Cc2ccccc2)C(=O)N[C@@H](Cc2c[nH]c3ccccc23)C(=O)N[C@@H](CCCCN)C(=O)N[C@@H](Cc2ccc(O)cc2)C(=O)N1)C(=O)O. The minimum absolute atomic E-state index is 0.0434. The van der Waals surface area contributed by atoms with Gasteiger partial charge in [0.25, 0.3) is 5.97 Å². The molecule has 0 radical (unpaired) electrons. The number of aromatic hydroxyl groups is 1. The smallest absolute Gasteiger partial charge is 0.326 e. The van der Waals surface area contributed by atoms with E-state index < -0.39 is 186 Å². The average molecular weight is 1420 g/mol. The lowest BCUT2D eigenvalue weighted by molar-refractivity contribution is -0.143. The Morgan fingerprint density at radius 3 is 1.73 bits per heavy atom. The highest BCUT2D eigenvalue weighted by molar-refractivity contribution is 8.76. The topological polar surface area (TPSA) is 540 Å². The van der Waals surface area contributed by atoms with Gasteiger partial charge in [-0.05, 0) is 87.4 Å². The Balaban J connectivity index is 0.00000506. The van der Waals surface area contributed by atoms with Gasteiger partial charge in [0.05, 0.1) is 25.1 Å². The number of para-hydroxylation sites is 1. The third kappa shape index (κ3) is 27.9. The Morgan fingerprint density at radius 2 is 1.15 bits per heavy atom. The summed E-state index contributed by atoms with van der Waals surface area (Å²) in [6.45, 7) is 7.33. The number of carbonyl (C=O) groups is 14. The average Bonchev–Trinajstić information content (AvgIpc) is 1.43. The van der Waals surface area contributed by atoms with Crippen LogP contribution in [0.3, 0.4) is 0 Å². The third-order valence-corrected chi connectivity index (χ3v) is 17.4. The predicted molar refractivity (Wildman–Crippen MR) is 363 cm³/mol. The molecule has 1 aliphatic rings. The minimum atomic E-state index is -2.01. The van der Waals surface area contributed by atoms with Gasteiger partial charge >= 0.3 is 11.9 Å². The van der Waals surface area contributed by atoms with Crippen molar-refractivity contribution in [3.8, 4) is 5.75 Å². The minimum Gasteiger partial charge on any atom is -0.508 e. The van der Waals surface area contributed by atoms with Crippen LogP contribution in [0.25, 0.3) is 10.9 Å². The van der Waals surface area contributed by atoms with Crippen LogP contribution in [0.15, 0.2) is 85.1 Å². The monoisotopic (exact) mass is 1420 g/mol. The van der Waals surface area contributed by atoms with E-state index in [9.17, 15) is 68.4 Å². The van der Waals surface area contributed by atoms with Gasteiger partial charge in [0.1, 0.15) is 66.2 Å². The van der Waals surface area contributed by atoms with E-state index in [2.05, 4.69) is 63.5 Å². The van der Waals surface area contributed by atoms with Crippen LogP contribution in [0.2, 0.25) is 0 Å². The van der Waals surface area contributed by atoms with E-state index in [1.165, 1.54) is 45.0 Å². The summed E-state index contributed by atoms with van der Waals surface area (Å²) >= 11 is 0. The van der Waals surface area contributed by atoms with Crippen LogP contribution in [-0.2, 0) is 86.4 Å². The molecule has 540 valence electrons. The highest BCUT2D eigenvalue weighted by Crippen LogP contribution is 2.25. The first-order valence-corrected chi connectivity index (χ1v) is 34.0. The molecule has 0 spiro atoms. The highest BCUT2D eigenvalue weighted by Gasteiger charge is 2.38. The number of aromatic amines is 1. The summed E-state index contributed by atoms with van der Waals surface area (Å²) in [5.74, 6) is -16.5. The second-order valence-electron chi connectivity index (χ2n) is 23.6. The van der Waals surface area contributed by atoms with Crippen LogP contribution in [0.4, 0.5) is 0 Å². The van der Waals surface area contributed by atoms with Crippen LogP contribution in [0, 0.1) is 5.92 Å². The number of aliphatic hydroxyl groups excluding tert-OH is 1. The summed E-state index contributed by atoms with van der Waals surface area (Å²) in [7, 11) is 1.64. The van der Waals surface area contributed by atoms with Gasteiger partial charge in [-0.3, -0.25) is 62.3 Å². The fourth-order valence-electron chi connectivity index (χ4n) is 9.63. The molecule has 4 aromatic rings.